The highest BCUT2D eigenvalue weighted by Crippen LogP contribution is 2.36. The zero-order valence-electron chi connectivity index (χ0n) is 8.82. The van der Waals surface area contributed by atoms with Gasteiger partial charge in [0.15, 0.2) is 11.5 Å². The molecule has 0 atom stereocenters. The Kier molecular flexibility index (Phi) is 4.08. The van der Waals surface area contributed by atoms with Crippen LogP contribution in [0.1, 0.15) is 5.56 Å². The fourth-order valence-corrected chi connectivity index (χ4v) is 1.19. The number of alkyl halides is 2. The molecule has 0 saturated heterocycles. The van der Waals surface area contributed by atoms with Crippen molar-refractivity contribution in [2.24, 2.45) is 0 Å². The lowest BCUT2D eigenvalue weighted by Crippen LogP contribution is -2.35. The number of hydrogen-bond acceptors (Lipinski definition) is 5. The van der Waals surface area contributed by atoms with Crippen LogP contribution in [0.4, 0.5) is 8.78 Å². The lowest BCUT2D eigenvalue weighted by atomic mass is 10.1. The summed E-state index contributed by atoms with van der Waals surface area (Å²) in [5.41, 5.74) is 0.161. The molecule has 0 aliphatic rings. The summed E-state index contributed by atoms with van der Waals surface area (Å²) >= 11 is 0. The molecule has 0 unspecified atom stereocenters. The first-order valence-electron chi connectivity index (χ1n) is 4.79. The molecule has 0 aliphatic carbocycles. The summed E-state index contributed by atoms with van der Waals surface area (Å²) in [6.45, 7) is -2.16. The van der Waals surface area contributed by atoms with E-state index in [2.05, 4.69) is 5.32 Å². The Morgan fingerprint density at radius 2 is 1.76 bits per heavy atom. The highest BCUT2D eigenvalue weighted by atomic mass is 19.3. The van der Waals surface area contributed by atoms with Gasteiger partial charge in [0.1, 0.15) is 6.61 Å². The van der Waals surface area contributed by atoms with Crippen molar-refractivity contribution >= 4 is 0 Å². The van der Waals surface area contributed by atoms with Gasteiger partial charge in [-0.2, -0.15) is 0 Å². The molecule has 1 rings (SSSR count). The summed E-state index contributed by atoms with van der Waals surface area (Å²) < 4.78 is 25.3. The Bertz CT molecular complexity index is 398. The fourth-order valence-electron chi connectivity index (χ4n) is 1.19. The number of phenols is 3. The number of aromatic hydroxyl groups is 3. The average Bonchev–Trinajstić information content (AvgIpc) is 2.29. The summed E-state index contributed by atoms with van der Waals surface area (Å²) in [6, 6.07) is 2.42. The number of nitrogens with one attached hydrogen (secondary N) is 1. The van der Waals surface area contributed by atoms with E-state index in [4.69, 9.17) is 10.2 Å². The SMILES string of the molecule is OCC(F)(F)CNCc1ccc(O)c(O)c1O. The molecule has 1 aromatic carbocycles. The number of rotatable bonds is 5. The molecular formula is C10H13F2NO4. The topological polar surface area (TPSA) is 93.0 Å². The highest BCUT2D eigenvalue weighted by Gasteiger charge is 2.27. The van der Waals surface area contributed by atoms with E-state index in [1.54, 1.807) is 0 Å². The smallest absolute Gasteiger partial charge is 0.282 e. The second kappa shape index (κ2) is 5.15. The van der Waals surface area contributed by atoms with Gasteiger partial charge in [-0.1, -0.05) is 6.07 Å². The van der Waals surface area contributed by atoms with Crippen LogP contribution >= 0.6 is 0 Å². The van der Waals surface area contributed by atoms with E-state index in [-0.39, 0.29) is 12.1 Å². The first-order chi connectivity index (χ1) is 7.87. The molecule has 7 heteroatoms. The summed E-state index contributed by atoms with van der Waals surface area (Å²) in [7, 11) is 0. The number of phenolic OH excluding ortho intramolecular Hbond substituents is 3. The summed E-state index contributed by atoms with van der Waals surface area (Å²) in [5.74, 6) is -5.00. The molecule has 96 valence electrons. The minimum absolute atomic E-state index is 0.130. The van der Waals surface area contributed by atoms with E-state index in [1.807, 2.05) is 0 Å². The molecule has 0 radical (unpaired) electrons. The van der Waals surface area contributed by atoms with Crippen molar-refractivity contribution in [2.45, 2.75) is 12.5 Å². The van der Waals surface area contributed by atoms with Gasteiger partial charge in [0, 0.05) is 12.1 Å². The predicted octanol–water partition coefficient (Wildman–Crippen LogP) is 0.521. The number of hydrogen-bond donors (Lipinski definition) is 5. The molecule has 0 amide bonds. The Morgan fingerprint density at radius 3 is 2.35 bits per heavy atom. The van der Waals surface area contributed by atoms with Crippen molar-refractivity contribution in [3.05, 3.63) is 17.7 Å². The van der Waals surface area contributed by atoms with Crippen molar-refractivity contribution in [1.82, 2.24) is 5.32 Å². The summed E-state index contributed by atoms with van der Waals surface area (Å²) in [4.78, 5) is 0. The van der Waals surface area contributed by atoms with Crippen LogP contribution in [-0.4, -0.2) is 39.5 Å². The Hall–Kier alpha value is -1.60. The van der Waals surface area contributed by atoms with Crippen molar-refractivity contribution < 1.29 is 29.2 Å². The molecule has 5 nitrogen and oxygen atoms in total. The van der Waals surface area contributed by atoms with Crippen LogP contribution in [0.5, 0.6) is 17.2 Å². The summed E-state index contributed by atoms with van der Waals surface area (Å²) in [6.07, 6.45) is 0. The van der Waals surface area contributed by atoms with Gasteiger partial charge in [0.05, 0.1) is 6.54 Å². The van der Waals surface area contributed by atoms with Gasteiger partial charge >= 0.3 is 0 Å². The minimum atomic E-state index is -3.24. The Morgan fingerprint density at radius 1 is 1.12 bits per heavy atom. The molecule has 17 heavy (non-hydrogen) atoms. The van der Waals surface area contributed by atoms with Gasteiger partial charge in [-0.3, -0.25) is 0 Å². The molecule has 0 bridgehead atoms. The minimum Gasteiger partial charge on any atom is -0.504 e. The van der Waals surface area contributed by atoms with E-state index in [0.717, 1.165) is 6.07 Å². The zero-order chi connectivity index (χ0) is 13.1. The van der Waals surface area contributed by atoms with Crippen molar-refractivity contribution in [3.63, 3.8) is 0 Å². The van der Waals surface area contributed by atoms with Crippen molar-refractivity contribution in [3.8, 4) is 17.2 Å². The molecule has 0 spiro atoms. The van der Waals surface area contributed by atoms with Crippen LogP contribution < -0.4 is 5.32 Å². The Balaban J connectivity index is 2.62. The fraction of sp³-hybridized carbons (Fsp3) is 0.400. The Labute approximate surface area is 95.9 Å². The number of halogens is 2. The molecule has 1 aromatic rings. The monoisotopic (exact) mass is 249 g/mol. The lowest BCUT2D eigenvalue weighted by molar-refractivity contribution is -0.0478. The second-order valence-corrected chi connectivity index (χ2v) is 3.56. The standard InChI is InChI=1S/C10H13F2NO4/c11-10(12,5-14)4-13-3-6-1-2-7(15)9(17)8(6)16/h1-2,13-17H,3-5H2. The van der Waals surface area contributed by atoms with E-state index < -0.39 is 36.3 Å². The van der Waals surface area contributed by atoms with Crippen LogP contribution in [0.15, 0.2) is 12.1 Å². The second-order valence-electron chi connectivity index (χ2n) is 3.56. The third-order valence-corrected chi connectivity index (χ3v) is 2.14. The maximum absolute atomic E-state index is 12.6. The molecule has 5 N–H and O–H groups in total. The molecule has 0 fully saturated rings. The van der Waals surface area contributed by atoms with Crippen LogP contribution in [0.2, 0.25) is 0 Å². The van der Waals surface area contributed by atoms with Crippen LogP contribution in [0.3, 0.4) is 0 Å². The highest BCUT2D eigenvalue weighted by molar-refractivity contribution is 5.52. The first-order valence-corrected chi connectivity index (χ1v) is 4.79. The zero-order valence-corrected chi connectivity index (χ0v) is 8.82. The van der Waals surface area contributed by atoms with Gasteiger partial charge in [-0.05, 0) is 6.07 Å². The van der Waals surface area contributed by atoms with Crippen LogP contribution in [0.25, 0.3) is 0 Å². The van der Waals surface area contributed by atoms with Crippen molar-refractivity contribution in [1.29, 1.82) is 0 Å². The first kappa shape index (κ1) is 13.5. The molecule has 0 aromatic heterocycles. The number of benzene rings is 1. The maximum atomic E-state index is 12.6. The van der Waals surface area contributed by atoms with Crippen LogP contribution in [0, 0.1) is 0 Å². The quantitative estimate of drug-likeness (QED) is 0.491. The normalized spacial score (nSPS) is 11.7. The van der Waals surface area contributed by atoms with Gasteiger partial charge < -0.3 is 25.7 Å². The number of aliphatic hydroxyl groups excluding tert-OH is 1. The third-order valence-electron chi connectivity index (χ3n) is 2.14. The van der Waals surface area contributed by atoms with Gasteiger partial charge in [-0.15, -0.1) is 0 Å². The molecule has 0 aliphatic heterocycles. The number of aliphatic hydroxyl groups is 1. The molecule has 0 saturated carbocycles. The maximum Gasteiger partial charge on any atom is 0.282 e. The molecule has 0 heterocycles. The van der Waals surface area contributed by atoms with Gasteiger partial charge in [0.2, 0.25) is 5.75 Å². The van der Waals surface area contributed by atoms with E-state index in [9.17, 15) is 19.0 Å². The van der Waals surface area contributed by atoms with Gasteiger partial charge in [-0.25, -0.2) is 8.78 Å². The van der Waals surface area contributed by atoms with E-state index >= 15 is 0 Å². The average molecular weight is 249 g/mol. The largest absolute Gasteiger partial charge is 0.504 e. The van der Waals surface area contributed by atoms with E-state index in [0.29, 0.717) is 0 Å². The van der Waals surface area contributed by atoms with Crippen LogP contribution in [-0.2, 0) is 6.54 Å². The summed E-state index contributed by atoms with van der Waals surface area (Å²) in [5, 5.41) is 38.2. The van der Waals surface area contributed by atoms with E-state index in [1.165, 1.54) is 6.07 Å². The molecular weight excluding hydrogens is 236 g/mol. The third kappa shape index (κ3) is 3.43. The van der Waals surface area contributed by atoms with Gasteiger partial charge in [0.25, 0.3) is 5.92 Å². The van der Waals surface area contributed by atoms with Crippen molar-refractivity contribution in [2.75, 3.05) is 13.2 Å². The predicted molar refractivity (Wildman–Crippen MR) is 55.2 cm³/mol. The lowest BCUT2D eigenvalue weighted by Gasteiger charge is -2.14.